The smallest absolute Gasteiger partial charge is 0.345 e. The number of hydrogen-bond donors (Lipinski definition) is 2. The molecule has 2 rings (SSSR count). The maximum absolute atomic E-state index is 10.8. The molecule has 19 heavy (non-hydrogen) atoms. The maximum Gasteiger partial charge on any atom is 0.345 e. The molecule has 0 bridgehead atoms. The van der Waals surface area contributed by atoms with Crippen molar-refractivity contribution in [2.45, 2.75) is 38.8 Å². The van der Waals surface area contributed by atoms with Crippen LogP contribution >= 0.6 is 11.3 Å². The van der Waals surface area contributed by atoms with Crippen LogP contribution in [-0.4, -0.2) is 41.7 Å². The molecular weight excluding hydrogens is 260 g/mol. The Morgan fingerprint density at radius 1 is 1.47 bits per heavy atom. The maximum atomic E-state index is 10.8. The predicted octanol–water partition coefficient (Wildman–Crippen LogP) is 2.41. The van der Waals surface area contributed by atoms with Crippen molar-refractivity contribution >= 4 is 17.3 Å². The number of piperidine rings is 1. The number of thiophene rings is 1. The summed E-state index contributed by atoms with van der Waals surface area (Å²) in [6.07, 6.45) is 3.61. The highest BCUT2D eigenvalue weighted by molar-refractivity contribution is 7.13. The molecular formula is C14H22N2O2S. The van der Waals surface area contributed by atoms with Crippen LogP contribution in [0.5, 0.6) is 0 Å². The minimum absolute atomic E-state index is 0.426. The molecule has 4 nitrogen and oxygen atoms in total. The monoisotopic (exact) mass is 282 g/mol. The van der Waals surface area contributed by atoms with E-state index < -0.39 is 5.97 Å². The molecule has 1 aliphatic heterocycles. The van der Waals surface area contributed by atoms with Crippen molar-refractivity contribution in [3.8, 4) is 0 Å². The second-order valence-corrected chi connectivity index (χ2v) is 6.24. The zero-order valence-corrected chi connectivity index (χ0v) is 12.2. The Hall–Kier alpha value is -0.910. The van der Waals surface area contributed by atoms with Crippen molar-refractivity contribution in [2.24, 2.45) is 0 Å². The van der Waals surface area contributed by atoms with Gasteiger partial charge < -0.3 is 15.3 Å². The molecule has 1 aromatic heterocycles. The highest BCUT2D eigenvalue weighted by atomic mass is 32.1. The van der Waals surface area contributed by atoms with E-state index in [1.165, 1.54) is 50.2 Å². The van der Waals surface area contributed by atoms with Gasteiger partial charge in [-0.1, -0.05) is 6.92 Å². The van der Waals surface area contributed by atoms with Crippen LogP contribution in [0.2, 0.25) is 0 Å². The highest BCUT2D eigenvalue weighted by Crippen LogP contribution is 2.17. The summed E-state index contributed by atoms with van der Waals surface area (Å²) < 4.78 is 0. The Balaban J connectivity index is 1.72. The number of carbonyl (C=O) groups is 1. The number of nitrogens with one attached hydrogen (secondary N) is 1. The van der Waals surface area contributed by atoms with Crippen LogP contribution in [0.4, 0.5) is 0 Å². The van der Waals surface area contributed by atoms with E-state index >= 15 is 0 Å². The molecule has 1 aromatic rings. The molecule has 0 unspecified atom stereocenters. The molecule has 2 N–H and O–H groups in total. The fraction of sp³-hybridized carbons (Fsp3) is 0.643. The third-order valence-electron chi connectivity index (χ3n) is 3.56. The van der Waals surface area contributed by atoms with Gasteiger partial charge in [-0.2, -0.15) is 0 Å². The van der Waals surface area contributed by atoms with Crippen molar-refractivity contribution in [2.75, 3.05) is 19.6 Å². The molecule has 0 amide bonds. The standard InChI is InChI=1S/C14H22N2O2S/c1-2-7-16-8-5-11(6-9-16)15-10-12-3-4-13(19-12)14(17)18/h3-4,11,15H,2,5-10H2,1H3,(H,17,18). The summed E-state index contributed by atoms with van der Waals surface area (Å²) in [7, 11) is 0. The zero-order chi connectivity index (χ0) is 13.7. The van der Waals surface area contributed by atoms with Crippen molar-refractivity contribution in [3.05, 3.63) is 21.9 Å². The van der Waals surface area contributed by atoms with Gasteiger partial charge in [-0.3, -0.25) is 0 Å². The van der Waals surface area contributed by atoms with Gasteiger partial charge in [0.25, 0.3) is 0 Å². The molecule has 1 aliphatic rings. The lowest BCUT2D eigenvalue weighted by Crippen LogP contribution is -2.42. The summed E-state index contributed by atoms with van der Waals surface area (Å²) in [6.45, 7) is 6.57. The molecule has 1 fully saturated rings. The Bertz CT molecular complexity index is 411. The lowest BCUT2D eigenvalue weighted by Gasteiger charge is -2.32. The Morgan fingerprint density at radius 3 is 2.79 bits per heavy atom. The van der Waals surface area contributed by atoms with Gasteiger partial charge in [-0.05, 0) is 51.0 Å². The Labute approximate surface area is 118 Å². The van der Waals surface area contributed by atoms with Gasteiger partial charge in [-0.25, -0.2) is 4.79 Å². The van der Waals surface area contributed by atoms with Crippen LogP contribution in [0.1, 0.15) is 40.7 Å². The summed E-state index contributed by atoms with van der Waals surface area (Å²) in [5.74, 6) is -0.830. The van der Waals surface area contributed by atoms with Crippen LogP contribution < -0.4 is 5.32 Å². The number of rotatable bonds is 6. The first-order chi connectivity index (χ1) is 9.19. The lowest BCUT2D eigenvalue weighted by molar-refractivity contribution is 0.0702. The van der Waals surface area contributed by atoms with Crippen LogP contribution in [0, 0.1) is 0 Å². The third kappa shape index (κ3) is 4.30. The van der Waals surface area contributed by atoms with Gasteiger partial charge in [-0.15, -0.1) is 11.3 Å². The number of aromatic carboxylic acids is 1. The average molecular weight is 282 g/mol. The van der Waals surface area contributed by atoms with E-state index in [-0.39, 0.29) is 0 Å². The lowest BCUT2D eigenvalue weighted by atomic mass is 10.0. The quantitative estimate of drug-likeness (QED) is 0.841. The summed E-state index contributed by atoms with van der Waals surface area (Å²) in [4.78, 5) is 14.9. The predicted molar refractivity (Wildman–Crippen MR) is 77.9 cm³/mol. The number of carboxylic acid groups (broad SMARTS) is 1. The largest absolute Gasteiger partial charge is 0.477 e. The van der Waals surface area contributed by atoms with Crippen LogP contribution in [0.15, 0.2) is 12.1 Å². The van der Waals surface area contributed by atoms with Gasteiger partial charge in [0, 0.05) is 17.5 Å². The van der Waals surface area contributed by atoms with Gasteiger partial charge in [0.15, 0.2) is 0 Å². The first kappa shape index (κ1) is 14.5. The highest BCUT2D eigenvalue weighted by Gasteiger charge is 2.18. The van der Waals surface area contributed by atoms with Gasteiger partial charge >= 0.3 is 5.97 Å². The first-order valence-electron chi connectivity index (χ1n) is 6.96. The third-order valence-corrected chi connectivity index (χ3v) is 4.64. The topological polar surface area (TPSA) is 52.6 Å². The minimum atomic E-state index is -0.830. The fourth-order valence-electron chi connectivity index (χ4n) is 2.51. The summed E-state index contributed by atoms with van der Waals surface area (Å²) >= 11 is 1.37. The SMILES string of the molecule is CCCN1CCC(NCc2ccc(C(=O)O)s2)CC1. The number of nitrogens with zero attached hydrogens (tertiary/aromatic N) is 1. The van der Waals surface area contributed by atoms with Crippen LogP contribution in [0.25, 0.3) is 0 Å². The van der Waals surface area contributed by atoms with E-state index in [1.54, 1.807) is 6.07 Å². The van der Waals surface area contributed by atoms with Crippen molar-refractivity contribution < 1.29 is 9.90 Å². The van der Waals surface area contributed by atoms with E-state index in [0.29, 0.717) is 10.9 Å². The molecule has 0 spiro atoms. The summed E-state index contributed by atoms with van der Waals surface area (Å²) in [5.41, 5.74) is 0. The van der Waals surface area contributed by atoms with Gasteiger partial charge in [0.1, 0.15) is 4.88 Å². The molecule has 0 aliphatic carbocycles. The van der Waals surface area contributed by atoms with E-state index in [2.05, 4.69) is 17.1 Å². The number of carboxylic acids is 1. The molecule has 106 valence electrons. The first-order valence-corrected chi connectivity index (χ1v) is 7.78. The van der Waals surface area contributed by atoms with Crippen molar-refractivity contribution in [3.63, 3.8) is 0 Å². The van der Waals surface area contributed by atoms with E-state index in [1.807, 2.05) is 6.07 Å². The second kappa shape index (κ2) is 7.03. The normalized spacial score (nSPS) is 17.7. The molecule has 0 aromatic carbocycles. The fourth-order valence-corrected chi connectivity index (χ4v) is 3.31. The Morgan fingerprint density at radius 2 is 2.21 bits per heavy atom. The van der Waals surface area contributed by atoms with Crippen LogP contribution in [0.3, 0.4) is 0 Å². The molecule has 0 saturated carbocycles. The number of likely N-dealkylation sites (tertiary alicyclic amines) is 1. The minimum Gasteiger partial charge on any atom is -0.477 e. The molecule has 2 heterocycles. The molecule has 0 atom stereocenters. The average Bonchev–Trinajstić information content (AvgIpc) is 2.87. The molecule has 1 saturated heterocycles. The van der Waals surface area contributed by atoms with E-state index in [4.69, 9.17) is 5.11 Å². The van der Waals surface area contributed by atoms with Crippen molar-refractivity contribution in [1.82, 2.24) is 10.2 Å². The van der Waals surface area contributed by atoms with E-state index in [0.717, 1.165) is 11.4 Å². The molecule has 5 heteroatoms. The van der Waals surface area contributed by atoms with Crippen molar-refractivity contribution in [1.29, 1.82) is 0 Å². The second-order valence-electron chi connectivity index (χ2n) is 5.07. The molecule has 0 radical (unpaired) electrons. The van der Waals surface area contributed by atoms with E-state index in [9.17, 15) is 4.79 Å². The van der Waals surface area contributed by atoms with Gasteiger partial charge in [0.2, 0.25) is 0 Å². The number of hydrogen-bond acceptors (Lipinski definition) is 4. The summed E-state index contributed by atoms with van der Waals surface area (Å²) in [5, 5.41) is 12.4. The van der Waals surface area contributed by atoms with Crippen LogP contribution in [-0.2, 0) is 6.54 Å². The van der Waals surface area contributed by atoms with Gasteiger partial charge in [0.05, 0.1) is 0 Å². The zero-order valence-electron chi connectivity index (χ0n) is 11.4. The summed E-state index contributed by atoms with van der Waals surface area (Å²) in [6, 6.07) is 4.17. The Kier molecular flexibility index (Phi) is 5.36.